The summed E-state index contributed by atoms with van der Waals surface area (Å²) in [4.78, 5) is 26.2. The Morgan fingerprint density at radius 2 is 1.73 bits per heavy atom. The molecule has 0 spiro atoms. The van der Waals surface area contributed by atoms with Gasteiger partial charge in [0.05, 0.1) is 12.2 Å². The van der Waals surface area contributed by atoms with Gasteiger partial charge in [0.25, 0.3) is 5.91 Å². The molecule has 33 heavy (non-hydrogen) atoms. The molecular formula is C27H34FNO4. The van der Waals surface area contributed by atoms with Crippen molar-refractivity contribution >= 4 is 11.9 Å². The highest BCUT2D eigenvalue weighted by atomic mass is 19.1. The Kier molecular flexibility index (Phi) is 5.00. The number of ether oxygens (including phenoxy) is 1. The van der Waals surface area contributed by atoms with Crippen molar-refractivity contribution in [1.82, 2.24) is 4.90 Å². The van der Waals surface area contributed by atoms with Crippen LogP contribution in [0, 0.1) is 34.9 Å². The summed E-state index contributed by atoms with van der Waals surface area (Å²) in [6.45, 7) is 2.92. The van der Waals surface area contributed by atoms with Gasteiger partial charge in [-0.3, -0.25) is 4.79 Å². The summed E-state index contributed by atoms with van der Waals surface area (Å²) in [5.74, 6) is 1.35. The number of benzene rings is 1. The molecule has 1 amide bonds. The SMILES string of the molecule is C[C@H]1C[C@@H](C(=O)O)N(C(=O)c2cc(C3CC3)c(OCC34CC5CC(CC(C5)C3)C4)cc2F)C1. The number of carbonyl (C=O) groups is 2. The third-order valence-corrected chi connectivity index (χ3v) is 9.10. The van der Waals surface area contributed by atoms with Crippen LogP contribution in [-0.4, -0.2) is 41.1 Å². The third kappa shape index (κ3) is 3.83. The predicted octanol–water partition coefficient (Wildman–Crippen LogP) is 5.23. The third-order valence-electron chi connectivity index (χ3n) is 9.10. The lowest BCUT2D eigenvalue weighted by molar-refractivity contribution is -0.141. The van der Waals surface area contributed by atoms with Gasteiger partial charge in [0.15, 0.2) is 0 Å². The van der Waals surface area contributed by atoms with Crippen LogP contribution in [0.1, 0.15) is 86.6 Å². The molecule has 4 bridgehead atoms. The predicted molar refractivity (Wildman–Crippen MR) is 121 cm³/mol. The van der Waals surface area contributed by atoms with Crippen molar-refractivity contribution in [3.05, 3.63) is 29.1 Å². The molecule has 5 nitrogen and oxygen atoms in total. The van der Waals surface area contributed by atoms with Crippen molar-refractivity contribution in [2.24, 2.45) is 29.1 Å². The Morgan fingerprint density at radius 1 is 1.09 bits per heavy atom. The summed E-state index contributed by atoms with van der Waals surface area (Å²) in [5, 5.41) is 9.54. The van der Waals surface area contributed by atoms with Crippen LogP contribution in [0.4, 0.5) is 4.39 Å². The first-order valence-corrected chi connectivity index (χ1v) is 12.8. The van der Waals surface area contributed by atoms with Gasteiger partial charge in [0, 0.05) is 18.0 Å². The minimum absolute atomic E-state index is 0.0144. The second-order valence-corrected chi connectivity index (χ2v) is 12.0. The van der Waals surface area contributed by atoms with Gasteiger partial charge in [-0.2, -0.15) is 0 Å². The lowest BCUT2D eigenvalue weighted by Gasteiger charge is -2.56. The van der Waals surface area contributed by atoms with E-state index in [9.17, 15) is 14.7 Å². The summed E-state index contributed by atoms with van der Waals surface area (Å²) in [7, 11) is 0. The standard InChI is InChI=1S/C27H34FNO4/c1-15-4-23(26(31)32)29(13-15)25(30)21-8-20(19-2-3-19)24(9-22(21)28)33-14-27-10-16-5-17(11-27)7-18(6-16)12-27/h8-9,15-19,23H,2-7,10-14H2,1H3,(H,31,32)/t15-,16?,17?,18?,23-,27?/m0/s1. The van der Waals surface area contributed by atoms with Gasteiger partial charge in [-0.05, 0) is 99.0 Å². The molecule has 1 aromatic carbocycles. The van der Waals surface area contributed by atoms with Gasteiger partial charge in [-0.25, -0.2) is 9.18 Å². The summed E-state index contributed by atoms with van der Waals surface area (Å²) in [6, 6.07) is 2.17. The van der Waals surface area contributed by atoms with Crippen LogP contribution in [0.25, 0.3) is 0 Å². The largest absolute Gasteiger partial charge is 0.493 e. The molecule has 1 aliphatic heterocycles. The number of hydrogen-bond acceptors (Lipinski definition) is 3. The number of rotatable bonds is 6. The number of aliphatic carboxylic acids is 1. The van der Waals surface area contributed by atoms with Crippen molar-refractivity contribution < 1.29 is 23.8 Å². The van der Waals surface area contributed by atoms with Crippen LogP contribution in [-0.2, 0) is 4.79 Å². The van der Waals surface area contributed by atoms with Crippen LogP contribution in [0.2, 0.25) is 0 Å². The molecule has 6 aliphatic rings. The molecule has 0 aromatic heterocycles. The van der Waals surface area contributed by atoms with Crippen molar-refractivity contribution in [1.29, 1.82) is 0 Å². The molecular weight excluding hydrogens is 421 g/mol. The van der Waals surface area contributed by atoms with E-state index in [1.165, 1.54) is 49.5 Å². The maximum absolute atomic E-state index is 15.3. The van der Waals surface area contributed by atoms with Crippen LogP contribution in [0.5, 0.6) is 5.75 Å². The number of likely N-dealkylation sites (tertiary alicyclic amines) is 1. The van der Waals surface area contributed by atoms with E-state index in [-0.39, 0.29) is 16.9 Å². The van der Waals surface area contributed by atoms with Gasteiger partial charge in [-0.1, -0.05) is 6.92 Å². The lowest BCUT2D eigenvalue weighted by atomic mass is 9.50. The van der Waals surface area contributed by atoms with Crippen LogP contribution in [0.15, 0.2) is 12.1 Å². The zero-order valence-corrected chi connectivity index (χ0v) is 19.4. The quantitative estimate of drug-likeness (QED) is 0.638. The summed E-state index contributed by atoms with van der Waals surface area (Å²) >= 11 is 0. The first-order chi connectivity index (χ1) is 15.8. The Bertz CT molecular complexity index is 951. The first-order valence-electron chi connectivity index (χ1n) is 12.8. The zero-order valence-electron chi connectivity index (χ0n) is 19.4. The maximum Gasteiger partial charge on any atom is 0.326 e. The number of carbonyl (C=O) groups excluding carboxylic acids is 1. The molecule has 6 heteroatoms. The van der Waals surface area contributed by atoms with Crippen LogP contribution >= 0.6 is 0 Å². The fourth-order valence-corrected chi connectivity index (χ4v) is 7.93. The highest BCUT2D eigenvalue weighted by Gasteiger charge is 2.51. The second kappa shape index (κ2) is 7.71. The van der Waals surface area contributed by atoms with Crippen molar-refractivity contribution in [3.63, 3.8) is 0 Å². The molecule has 7 rings (SSSR count). The Hall–Kier alpha value is -2.11. The molecule has 6 fully saturated rings. The Morgan fingerprint density at radius 3 is 2.30 bits per heavy atom. The fraction of sp³-hybridized carbons (Fsp3) is 0.704. The number of halogens is 1. The van der Waals surface area contributed by atoms with Gasteiger partial charge in [-0.15, -0.1) is 0 Å². The molecule has 1 heterocycles. The van der Waals surface area contributed by atoms with Crippen molar-refractivity contribution in [2.45, 2.75) is 76.7 Å². The van der Waals surface area contributed by atoms with Crippen molar-refractivity contribution in [3.8, 4) is 5.75 Å². The van der Waals surface area contributed by atoms with E-state index < -0.39 is 23.7 Å². The minimum atomic E-state index is -1.02. The normalized spacial score (nSPS) is 36.9. The number of amides is 1. The van der Waals surface area contributed by atoms with Gasteiger partial charge in [0.1, 0.15) is 17.6 Å². The smallest absolute Gasteiger partial charge is 0.326 e. The highest BCUT2D eigenvalue weighted by Crippen LogP contribution is 2.60. The monoisotopic (exact) mass is 455 g/mol. The van der Waals surface area contributed by atoms with Gasteiger partial charge in [0.2, 0.25) is 0 Å². The number of hydrogen-bond donors (Lipinski definition) is 1. The van der Waals surface area contributed by atoms with E-state index >= 15 is 4.39 Å². The van der Waals surface area contributed by atoms with E-state index in [1.807, 2.05) is 6.92 Å². The number of nitrogens with zero attached hydrogens (tertiary/aromatic N) is 1. The maximum atomic E-state index is 15.3. The second-order valence-electron chi connectivity index (χ2n) is 12.0. The van der Waals surface area contributed by atoms with E-state index in [4.69, 9.17) is 4.74 Å². The summed E-state index contributed by atoms with van der Waals surface area (Å²) in [5.41, 5.74) is 1.14. The molecule has 0 unspecified atom stereocenters. The lowest BCUT2D eigenvalue weighted by Crippen LogP contribution is -2.48. The fourth-order valence-electron chi connectivity index (χ4n) is 7.93. The Balaban J connectivity index is 1.24. The molecule has 178 valence electrons. The summed E-state index contributed by atoms with van der Waals surface area (Å²) in [6.07, 6.45) is 10.3. The van der Waals surface area contributed by atoms with Gasteiger partial charge < -0.3 is 14.7 Å². The van der Waals surface area contributed by atoms with E-state index in [1.54, 1.807) is 6.07 Å². The average molecular weight is 456 g/mol. The molecule has 1 N–H and O–H groups in total. The first kappa shape index (κ1) is 21.4. The van der Waals surface area contributed by atoms with E-state index in [0.29, 0.717) is 31.2 Å². The Labute approximate surface area is 194 Å². The molecule has 0 radical (unpaired) electrons. The van der Waals surface area contributed by atoms with Gasteiger partial charge >= 0.3 is 5.97 Å². The van der Waals surface area contributed by atoms with Crippen LogP contribution < -0.4 is 4.74 Å². The molecule has 2 atom stereocenters. The highest BCUT2D eigenvalue weighted by molar-refractivity contribution is 5.97. The minimum Gasteiger partial charge on any atom is -0.493 e. The van der Waals surface area contributed by atoms with Crippen molar-refractivity contribution in [2.75, 3.05) is 13.2 Å². The topological polar surface area (TPSA) is 66.8 Å². The van der Waals surface area contributed by atoms with E-state index in [2.05, 4.69) is 0 Å². The zero-order chi connectivity index (χ0) is 22.9. The van der Waals surface area contributed by atoms with Crippen LogP contribution in [0.3, 0.4) is 0 Å². The average Bonchev–Trinajstić information content (AvgIpc) is 3.51. The number of carboxylic acids is 1. The molecule has 1 saturated heterocycles. The summed E-state index contributed by atoms with van der Waals surface area (Å²) < 4.78 is 21.6. The molecule has 5 aliphatic carbocycles. The van der Waals surface area contributed by atoms with E-state index in [0.717, 1.165) is 36.2 Å². The molecule has 1 aromatic rings. The number of carboxylic acid groups (broad SMARTS) is 1. The molecule has 5 saturated carbocycles.